The van der Waals surface area contributed by atoms with Gasteiger partial charge in [-0.15, -0.1) is 0 Å². The molecule has 3 aromatic rings. The molecule has 148 valence electrons. The van der Waals surface area contributed by atoms with Gasteiger partial charge in [-0.25, -0.2) is 0 Å². The molecule has 1 aromatic carbocycles. The van der Waals surface area contributed by atoms with Crippen molar-refractivity contribution < 1.29 is 4.52 Å². The monoisotopic (exact) mass is 380 g/mol. The number of hydrogen-bond donors (Lipinski definition) is 1. The average molecular weight is 380 g/mol. The summed E-state index contributed by atoms with van der Waals surface area (Å²) < 4.78 is 7.24. The molecule has 4 rings (SSSR count). The fraction of sp³-hybridized carbons (Fsp3) is 0.429. The topological polar surface area (TPSA) is 61.8 Å². The van der Waals surface area contributed by atoms with Gasteiger partial charge in [-0.1, -0.05) is 23.4 Å². The van der Waals surface area contributed by atoms with Gasteiger partial charge in [-0.2, -0.15) is 0 Å². The van der Waals surface area contributed by atoms with Crippen molar-refractivity contribution in [3.8, 4) is 0 Å². The first-order valence-electron chi connectivity index (χ1n) is 9.94. The van der Waals surface area contributed by atoms with Crippen LogP contribution < -0.4 is 5.32 Å². The summed E-state index contributed by atoms with van der Waals surface area (Å²) in [5, 5.41) is 8.83. The van der Waals surface area contributed by atoms with E-state index in [0.717, 1.165) is 63.9 Å². The van der Waals surface area contributed by atoms with Gasteiger partial charge in [-0.05, 0) is 23.9 Å². The summed E-state index contributed by atoms with van der Waals surface area (Å²) in [6.07, 6.45) is 4.87. The van der Waals surface area contributed by atoms with Crippen LogP contribution in [-0.2, 0) is 13.1 Å². The van der Waals surface area contributed by atoms with Crippen molar-refractivity contribution in [1.82, 2.24) is 24.8 Å². The molecule has 1 saturated heterocycles. The SMILES string of the molecule is CN=C(NCCCn1ccc2ccccc21)N1CCN(Cc2ccon2)CC1. The van der Waals surface area contributed by atoms with Gasteiger partial charge < -0.3 is 19.3 Å². The second-order valence-corrected chi connectivity index (χ2v) is 7.15. The second-order valence-electron chi connectivity index (χ2n) is 7.15. The number of fused-ring (bicyclic) bond motifs is 1. The molecule has 1 N–H and O–H groups in total. The molecule has 28 heavy (non-hydrogen) atoms. The number of guanidine groups is 1. The summed E-state index contributed by atoms with van der Waals surface area (Å²) in [7, 11) is 1.86. The molecule has 0 aliphatic carbocycles. The number of piperazine rings is 1. The lowest BCUT2D eigenvalue weighted by Crippen LogP contribution is -2.52. The van der Waals surface area contributed by atoms with Crippen molar-refractivity contribution >= 4 is 16.9 Å². The Morgan fingerprint density at radius 2 is 2.00 bits per heavy atom. The molecule has 0 radical (unpaired) electrons. The number of aryl methyl sites for hydroxylation is 1. The zero-order valence-electron chi connectivity index (χ0n) is 16.4. The average Bonchev–Trinajstić information content (AvgIpc) is 3.39. The van der Waals surface area contributed by atoms with Gasteiger partial charge in [0.15, 0.2) is 5.96 Å². The van der Waals surface area contributed by atoms with Crippen LogP contribution in [0.1, 0.15) is 12.1 Å². The van der Waals surface area contributed by atoms with Gasteiger partial charge in [-0.3, -0.25) is 9.89 Å². The Labute approximate surface area is 165 Å². The first kappa shape index (κ1) is 18.6. The Morgan fingerprint density at radius 3 is 2.79 bits per heavy atom. The maximum atomic E-state index is 4.92. The van der Waals surface area contributed by atoms with E-state index < -0.39 is 0 Å². The van der Waals surface area contributed by atoms with Crippen LogP contribution >= 0.6 is 0 Å². The van der Waals surface area contributed by atoms with Gasteiger partial charge in [0.05, 0.1) is 5.69 Å². The molecular weight excluding hydrogens is 352 g/mol. The first-order valence-corrected chi connectivity index (χ1v) is 9.94. The zero-order chi connectivity index (χ0) is 19.2. The van der Waals surface area contributed by atoms with Crippen LogP contribution in [-0.4, -0.2) is 65.3 Å². The molecule has 7 nitrogen and oxygen atoms in total. The molecule has 0 atom stereocenters. The Bertz CT molecular complexity index is 893. The van der Waals surface area contributed by atoms with E-state index >= 15 is 0 Å². The van der Waals surface area contributed by atoms with Crippen LogP contribution in [0.25, 0.3) is 10.9 Å². The quantitative estimate of drug-likeness (QED) is 0.404. The number of para-hydroxylation sites is 1. The number of nitrogens with one attached hydrogen (secondary N) is 1. The second kappa shape index (κ2) is 8.93. The summed E-state index contributed by atoms with van der Waals surface area (Å²) in [5.41, 5.74) is 2.30. The van der Waals surface area contributed by atoms with E-state index in [1.54, 1.807) is 6.26 Å². The first-order chi connectivity index (χ1) is 13.8. The highest BCUT2D eigenvalue weighted by Crippen LogP contribution is 2.15. The van der Waals surface area contributed by atoms with E-state index in [1.165, 1.54) is 10.9 Å². The van der Waals surface area contributed by atoms with Gasteiger partial charge in [0, 0.05) is 70.6 Å². The third-order valence-corrected chi connectivity index (χ3v) is 5.30. The van der Waals surface area contributed by atoms with Crippen LogP contribution in [0.15, 0.2) is 58.4 Å². The summed E-state index contributed by atoms with van der Waals surface area (Å²) in [6.45, 7) is 6.72. The van der Waals surface area contributed by atoms with E-state index in [4.69, 9.17) is 4.52 Å². The number of nitrogens with zero attached hydrogens (tertiary/aromatic N) is 5. The minimum absolute atomic E-state index is 0.848. The fourth-order valence-electron chi connectivity index (χ4n) is 3.78. The Kier molecular flexibility index (Phi) is 5.92. The molecule has 0 saturated carbocycles. The van der Waals surface area contributed by atoms with Crippen molar-refractivity contribution in [2.75, 3.05) is 39.8 Å². The van der Waals surface area contributed by atoms with Crippen molar-refractivity contribution in [1.29, 1.82) is 0 Å². The summed E-state index contributed by atoms with van der Waals surface area (Å²) >= 11 is 0. The summed E-state index contributed by atoms with van der Waals surface area (Å²) in [6, 6.07) is 12.6. The predicted octanol–water partition coefficient (Wildman–Crippen LogP) is 2.41. The molecule has 0 amide bonds. The highest BCUT2D eigenvalue weighted by atomic mass is 16.5. The van der Waals surface area contributed by atoms with Crippen LogP contribution in [0.3, 0.4) is 0 Å². The van der Waals surface area contributed by atoms with E-state index in [2.05, 4.69) is 66.4 Å². The van der Waals surface area contributed by atoms with Crippen LogP contribution in [0.5, 0.6) is 0 Å². The number of aliphatic imine (C=N–C) groups is 1. The largest absolute Gasteiger partial charge is 0.364 e. The minimum Gasteiger partial charge on any atom is -0.364 e. The number of rotatable bonds is 6. The molecule has 1 aliphatic rings. The van der Waals surface area contributed by atoms with Crippen molar-refractivity contribution in [2.24, 2.45) is 4.99 Å². The Hall–Kier alpha value is -2.80. The Balaban J connectivity index is 1.21. The number of aromatic nitrogens is 2. The third-order valence-electron chi connectivity index (χ3n) is 5.30. The molecule has 2 aromatic heterocycles. The normalized spacial score (nSPS) is 16.0. The highest BCUT2D eigenvalue weighted by molar-refractivity contribution is 5.80. The molecule has 0 unspecified atom stereocenters. The Morgan fingerprint density at radius 1 is 1.14 bits per heavy atom. The van der Waals surface area contributed by atoms with E-state index in [0.29, 0.717) is 0 Å². The number of benzene rings is 1. The third kappa shape index (κ3) is 4.36. The van der Waals surface area contributed by atoms with Gasteiger partial charge in [0.25, 0.3) is 0 Å². The number of hydrogen-bond acceptors (Lipinski definition) is 4. The molecule has 3 heterocycles. The molecule has 7 heteroatoms. The summed E-state index contributed by atoms with van der Waals surface area (Å²) in [4.78, 5) is 9.21. The zero-order valence-corrected chi connectivity index (χ0v) is 16.4. The van der Waals surface area contributed by atoms with E-state index in [1.807, 2.05) is 13.1 Å². The fourth-order valence-corrected chi connectivity index (χ4v) is 3.78. The maximum absolute atomic E-state index is 4.92. The van der Waals surface area contributed by atoms with E-state index in [-0.39, 0.29) is 0 Å². The van der Waals surface area contributed by atoms with Crippen molar-refractivity contribution in [3.05, 3.63) is 54.6 Å². The lowest BCUT2D eigenvalue weighted by atomic mass is 10.2. The van der Waals surface area contributed by atoms with Gasteiger partial charge in [0.2, 0.25) is 0 Å². The van der Waals surface area contributed by atoms with Crippen molar-refractivity contribution in [2.45, 2.75) is 19.5 Å². The predicted molar refractivity (Wildman–Crippen MR) is 111 cm³/mol. The van der Waals surface area contributed by atoms with Gasteiger partial charge >= 0.3 is 0 Å². The standard InChI is InChI=1S/C21H28N6O/c1-22-21(27-14-12-25(13-15-27)17-19-8-16-28-24-19)23-9-4-10-26-11-7-18-5-2-3-6-20(18)26/h2-3,5-8,11,16H,4,9-10,12-15,17H2,1H3,(H,22,23). The summed E-state index contributed by atoms with van der Waals surface area (Å²) in [5.74, 6) is 0.999. The molecular formula is C21H28N6O. The van der Waals surface area contributed by atoms with Gasteiger partial charge in [0.1, 0.15) is 6.26 Å². The molecule has 1 fully saturated rings. The van der Waals surface area contributed by atoms with Crippen LogP contribution in [0, 0.1) is 0 Å². The highest BCUT2D eigenvalue weighted by Gasteiger charge is 2.20. The van der Waals surface area contributed by atoms with Crippen molar-refractivity contribution in [3.63, 3.8) is 0 Å². The van der Waals surface area contributed by atoms with Crippen LogP contribution in [0.4, 0.5) is 0 Å². The maximum Gasteiger partial charge on any atom is 0.193 e. The van der Waals surface area contributed by atoms with Crippen LogP contribution in [0.2, 0.25) is 0 Å². The minimum atomic E-state index is 0.848. The molecule has 0 spiro atoms. The lowest BCUT2D eigenvalue weighted by Gasteiger charge is -2.36. The molecule has 1 aliphatic heterocycles. The smallest absolute Gasteiger partial charge is 0.193 e. The lowest BCUT2D eigenvalue weighted by molar-refractivity contribution is 0.169. The van der Waals surface area contributed by atoms with E-state index in [9.17, 15) is 0 Å². The molecule has 0 bridgehead atoms.